The summed E-state index contributed by atoms with van der Waals surface area (Å²) in [5.41, 5.74) is 0.823. The summed E-state index contributed by atoms with van der Waals surface area (Å²) in [4.78, 5) is 13.2. The summed E-state index contributed by atoms with van der Waals surface area (Å²) >= 11 is 0. The lowest BCUT2D eigenvalue weighted by molar-refractivity contribution is -0.911. The molecule has 1 aromatic carbocycles. The molecule has 0 spiro atoms. The van der Waals surface area contributed by atoms with Crippen LogP contribution >= 0.6 is 0 Å². The highest BCUT2D eigenvalue weighted by Crippen LogP contribution is 1.98. The van der Waals surface area contributed by atoms with Crippen LogP contribution in [-0.4, -0.2) is 24.9 Å². The Morgan fingerprint density at radius 2 is 1.87 bits per heavy atom. The number of ketones is 1. The fraction of sp³-hybridized carbons (Fsp3) is 0.462. The minimum absolute atomic E-state index is 0.237. The van der Waals surface area contributed by atoms with Crippen LogP contribution in [0.15, 0.2) is 30.3 Å². The van der Waals surface area contributed by atoms with Crippen LogP contribution in [0.2, 0.25) is 0 Å². The van der Waals surface area contributed by atoms with Crippen LogP contribution in [0.3, 0.4) is 0 Å². The van der Waals surface area contributed by atoms with E-state index < -0.39 is 0 Å². The maximum atomic E-state index is 11.9. The molecule has 1 rings (SSSR count). The van der Waals surface area contributed by atoms with Crippen molar-refractivity contribution in [1.82, 2.24) is 0 Å². The zero-order valence-electron chi connectivity index (χ0n) is 9.79. The third kappa shape index (κ3) is 3.48. The van der Waals surface area contributed by atoms with Gasteiger partial charge in [-0.2, -0.15) is 0 Å². The third-order valence-electron chi connectivity index (χ3n) is 2.75. The Morgan fingerprint density at radius 3 is 2.33 bits per heavy atom. The Bertz CT molecular complexity index is 306. The number of carbonyl (C=O) groups is 1. The quantitative estimate of drug-likeness (QED) is 0.718. The van der Waals surface area contributed by atoms with Crippen LogP contribution in [0.4, 0.5) is 0 Å². The van der Waals surface area contributed by atoms with Crippen molar-refractivity contribution in [2.75, 3.05) is 13.1 Å². The number of hydrogen-bond donors (Lipinski definition) is 1. The summed E-state index contributed by atoms with van der Waals surface area (Å²) in [6.07, 6.45) is 0. The Balaban J connectivity index is 2.63. The second-order valence-electron chi connectivity index (χ2n) is 4.13. The molecule has 0 heterocycles. The molecule has 0 saturated heterocycles. The number of benzene rings is 1. The van der Waals surface area contributed by atoms with Gasteiger partial charge in [-0.25, -0.2) is 0 Å². The van der Waals surface area contributed by atoms with Crippen LogP contribution in [0.25, 0.3) is 0 Å². The van der Waals surface area contributed by atoms with Crippen molar-refractivity contribution in [2.45, 2.75) is 26.8 Å². The van der Waals surface area contributed by atoms with E-state index in [1.165, 1.54) is 4.90 Å². The van der Waals surface area contributed by atoms with Gasteiger partial charge in [-0.3, -0.25) is 4.79 Å². The first-order valence-electron chi connectivity index (χ1n) is 5.58. The molecule has 2 heteroatoms. The highest BCUT2D eigenvalue weighted by molar-refractivity contribution is 5.96. The Hall–Kier alpha value is -1.15. The van der Waals surface area contributed by atoms with Crippen molar-refractivity contribution in [3.63, 3.8) is 0 Å². The van der Waals surface area contributed by atoms with E-state index in [-0.39, 0.29) is 5.78 Å². The smallest absolute Gasteiger partial charge is 0.216 e. The van der Waals surface area contributed by atoms with Crippen molar-refractivity contribution in [2.24, 2.45) is 0 Å². The van der Waals surface area contributed by atoms with Crippen molar-refractivity contribution < 1.29 is 9.69 Å². The topological polar surface area (TPSA) is 21.5 Å². The standard InChI is InChI=1S/C13H19NO/c1-4-14(11(2)3)10-13(15)12-8-6-5-7-9-12/h5-9,11H,4,10H2,1-3H3/p+1. The first-order valence-corrected chi connectivity index (χ1v) is 5.58. The minimum atomic E-state index is 0.237. The van der Waals surface area contributed by atoms with E-state index >= 15 is 0 Å². The molecular formula is C13H20NO+. The summed E-state index contributed by atoms with van der Waals surface area (Å²) in [5.74, 6) is 0.237. The lowest BCUT2D eigenvalue weighted by atomic mass is 10.1. The molecule has 0 saturated carbocycles. The number of quaternary nitrogens is 1. The van der Waals surface area contributed by atoms with E-state index in [1.54, 1.807) is 0 Å². The van der Waals surface area contributed by atoms with Gasteiger partial charge in [0, 0.05) is 5.56 Å². The highest BCUT2D eigenvalue weighted by atomic mass is 16.1. The molecule has 0 fully saturated rings. The number of hydrogen-bond acceptors (Lipinski definition) is 1. The van der Waals surface area contributed by atoms with Crippen LogP contribution in [-0.2, 0) is 0 Å². The van der Waals surface area contributed by atoms with Gasteiger partial charge in [0.15, 0.2) is 0 Å². The number of likely N-dealkylation sites (N-methyl/N-ethyl adjacent to an activating group) is 1. The molecule has 2 nitrogen and oxygen atoms in total. The summed E-state index contributed by atoms with van der Waals surface area (Å²) < 4.78 is 0. The van der Waals surface area contributed by atoms with Crippen molar-refractivity contribution >= 4 is 5.78 Å². The zero-order chi connectivity index (χ0) is 11.3. The average Bonchev–Trinajstić information content (AvgIpc) is 2.26. The molecule has 0 bridgehead atoms. The molecule has 82 valence electrons. The van der Waals surface area contributed by atoms with Gasteiger partial charge in [0.1, 0.15) is 6.54 Å². The van der Waals surface area contributed by atoms with Gasteiger partial charge in [0.05, 0.1) is 12.6 Å². The van der Waals surface area contributed by atoms with Crippen LogP contribution in [0.5, 0.6) is 0 Å². The summed E-state index contributed by atoms with van der Waals surface area (Å²) in [6.45, 7) is 8.01. The molecule has 0 aromatic heterocycles. The lowest BCUT2D eigenvalue weighted by Crippen LogP contribution is -3.15. The summed E-state index contributed by atoms with van der Waals surface area (Å²) in [6, 6.07) is 10.0. The van der Waals surface area contributed by atoms with Gasteiger partial charge < -0.3 is 4.90 Å². The normalized spacial score (nSPS) is 12.8. The number of Topliss-reactive ketones (excluding diaryl/α,β-unsaturated/α-hetero) is 1. The van der Waals surface area contributed by atoms with E-state index in [9.17, 15) is 4.79 Å². The number of carbonyl (C=O) groups excluding carboxylic acids is 1. The first kappa shape index (κ1) is 11.9. The molecule has 0 aliphatic rings. The first-order chi connectivity index (χ1) is 7.15. The van der Waals surface area contributed by atoms with Crippen LogP contribution < -0.4 is 4.90 Å². The maximum Gasteiger partial charge on any atom is 0.216 e. The van der Waals surface area contributed by atoms with Gasteiger partial charge in [-0.15, -0.1) is 0 Å². The number of rotatable bonds is 5. The minimum Gasteiger partial charge on any atom is -0.327 e. The highest BCUT2D eigenvalue weighted by Gasteiger charge is 2.16. The Kier molecular flexibility index (Phi) is 4.50. The molecule has 1 unspecified atom stereocenters. The van der Waals surface area contributed by atoms with E-state index in [0.717, 1.165) is 12.1 Å². The molecule has 0 amide bonds. The second kappa shape index (κ2) is 5.66. The van der Waals surface area contributed by atoms with Crippen molar-refractivity contribution in [1.29, 1.82) is 0 Å². The maximum absolute atomic E-state index is 11.9. The van der Waals surface area contributed by atoms with Crippen molar-refractivity contribution in [3.8, 4) is 0 Å². The molecule has 0 radical (unpaired) electrons. The monoisotopic (exact) mass is 206 g/mol. The molecule has 1 aromatic rings. The SMILES string of the molecule is CC[NH+](CC(=O)c1ccccc1)C(C)C. The Labute approximate surface area is 91.9 Å². The molecule has 0 aliphatic heterocycles. The van der Waals surface area contributed by atoms with E-state index in [4.69, 9.17) is 0 Å². The number of nitrogens with one attached hydrogen (secondary N) is 1. The van der Waals surface area contributed by atoms with E-state index in [0.29, 0.717) is 12.6 Å². The molecular weight excluding hydrogens is 186 g/mol. The third-order valence-corrected chi connectivity index (χ3v) is 2.75. The zero-order valence-corrected chi connectivity index (χ0v) is 9.79. The van der Waals surface area contributed by atoms with Gasteiger partial charge in [-0.05, 0) is 20.8 Å². The fourth-order valence-corrected chi connectivity index (χ4v) is 1.67. The van der Waals surface area contributed by atoms with E-state index in [2.05, 4.69) is 20.8 Å². The summed E-state index contributed by atoms with van der Waals surface area (Å²) in [5, 5.41) is 0. The van der Waals surface area contributed by atoms with Gasteiger partial charge in [0.25, 0.3) is 0 Å². The fourth-order valence-electron chi connectivity index (χ4n) is 1.67. The Morgan fingerprint density at radius 1 is 1.27 bits per heavy atom. The van der Waals surface area contributed by atoms with Crippen molar-refractivity contribution in [3.05, 3.63) is 35.9 Å². The molecule has 1 N–H and O–H groups in total. The predicted molar refractivity (Wildman–Crippen MR) is 62.3 cm³/mol. The summed E-state index contributed by atoms with van der Waals surface area (Å²) in [7, 11) is 0. The van der Waals surface area contributed by atoms with Gasteiger partial charge in [0.2, 0.25) is 5.78 Å². The average molecular weight is 206 g/mol. The predicted octanol–water partition coefficient (Wildman–Crippen LogP) is 1.18. The van der Waals surface area contributed by atoms with Gasteiger partial charge >= 0.3 is 0 Å². The second-order valence-corrected chi connectivity index (χ2v) is 4.13. The van der Waals surface area contributed by atoms with Gasteiger partial charge in [-0.1, -0.05) is 30.3 Å². The lowest BCUT2D eigenvalue weighted by Gasteiger charge is -2.20. The van der Waals surface area contributed by atoms with E-state index in [1.807, 2.05) is 30.3 Å². The largest absolute Gasteiger partial charge is 0.327 e. The molecule has 15 heavy (non-hydrogen) atoms. The van der Waals surface area contributed by atoms with Crippen LogP contribution in [0.1, 0.15) is 31.1 Å². The van der Waals surface area contributed by atoms with Crippen LogP contribution in [0, 0.1) is 0 Å². The molecule has 0 aliphatic carbocycles. The molecule has 1 atom stereocenters.